The molecule has 0 unspecified atom stereocenters. The van der Waals surface area contributed by atoms with E-state index in [-0.39, 0.29) is 22.9 Å². The average molecular weight is 421 g/mol. The SMILES string of the molecule is C=C(C(=O)Nc1ccc(-n2nc(C(F)(F)F)cc2C2CC2)c(F)c1)C(C)=NC=NC. The first-order chi connectivity index (χ1) is 14.1. The zero-order chi connectivity index (χ0) is 22.1. The highest BCUT2D eigenvalue weighted by Crippen LogP contribution is 2.43. The Morgan fingerprint density at radius 3 is 2.60 bits per heavy atom. The summed E-state index contributed by atoms with van der Waals surface area (Å²) in [5, 5.41) is 6.05. The standard InChI is InChI=1S/C20H19F4N5O/c1-11(12(2)26-10-25-3)19(30)27-14-6-7-16(15(21)8-14)29-17(13-4-5-13)9-18(28-29)20(22,23)24/h6-10,13H,1,4-5H2,2-3H3,(H,27,30). The van der Waals surface area contributed by atoms with Crippen molar-refractivity contribution in [1.82, 2.24) is 9.78 Å². The summed E-state index contributed by atoms with van der Waals surface area (Å²) in [5.41, 5.74) is -0.354. The van der Waals surface area contributed by atoms with Crippen molar-refractivity contribution in [3.63, 3.8) is 0 Å². The Balaban J connectivity index is 1.85. The van der Waals surface area contributed by atoms with Gasteiger partial charge in [0.25, 0.3) is 5.91 Å². The van der Waals surface area contributed by atoms with Gasteiger partial charge in [-0.2, -0.15) is 18.3 Å². The summed E-state index contributed by atoms with van der Waals surface area (Å²) in [7, 11) is 1.52. The van der Waals surface area contributed by atoms with Crippen molar-refractivity contribution >= 4 is 23.6 Å². The van der Waals surface area contributed by atoms with Crippen molar-refractivity contribution in [2.45, 2.75) is 31.9 Å². The molecule has 2 aromatic rings. The van der Waals surface area contributed by atoms with Crippen molar-refractivity contribution in [3.05, 3.63) is 53.6 Å². The Morgan fingerprint density at radius 1 is 1.33 bits per heavy atom. The topological polar surface area (TPSA) is 71.6 Å². The summed E-state index contributed by atoms with van der Waals surface area (Å²) >= 11 is 0. The maximum absolute atomic E-state index is 14.7. The predicted octanol–water partition coefficient (Wildman–Crippen LogP) is 4.52. The molecule has 0 bridgehead atoms. The van der Waals surface area contributed by atoms with Crippen LogP contribution < -0.4 is 5.32 Å². The van der Waals surface area contributed by atoms with Gasteiger partial charge in [-0.1, -0.05) is 6.58 Å². The molecule has 0 radical (unpaired) electrons. The number of nitrogens with zero attached hydrogens (tertiary/aromatic N) is 4. The summed E-state index contributed by atoms with van der Waals surface area (Å²) in [6.45, 7) is 5.21. The van der Waals surface area contributed by atoms with Crippen molar-refractivity contribution < 1.29 is 22.4 Å². The Labute approximate surface area is 170 Å². The van der Waals surface area contributed by atoms with E-state index < -0.39 is 23.6 Å². The summed E-state index contributed by atoms with van der Waals surface area (Å²) in [5.74, 6) is -1.49. The highest BCUT2D eigenvalue weighted by atomic mass is 19.4. The quantitative estimate of drug-likeness (QED) is 0.322. The smallest absolute Gasteiger partial charge is 0.322 e. The lowest BCUT2D eigenvalue weighted by Crippen LogP contribution is -2.18. The second-order valence-electron chi connectivity index (χ2n) is 6.83. The number of anilines is 1. The number of amides is 1. The molecule has 1 N–H and O–H groups in total. The van der Waals surface area contributed by atoms with Gasteiger partial charge >= 0.3 is 6.18 Å². The summed E-state index contributed by atoms with van der Waals surface area (Å²) < 4.78 is 54.9. The molecule has 3 rings (SSSR count). The Bertz CT molecular complexity index is 1050. The van der Waals surface area contributed by atoms with Crippen LogP contribution in [0.5, 0.6) is 0 Å². The number of benzene rings is 1. The molecule has 1 heterocycles. The van der Waals surface area contributed by atoms with Crippen molar-refractivity contribution in [1.29, 1.82) is 0 Å². The number of alkyl halides is 3. The fourth-order valence-corrected chi connectivity index (χ4v) is 2.75. The molecule has 0 atom stereocenters. The van der Waals surface area contributed by atoms with Crippen molar-refractivity contribution in [2.75, 3.05) is 12.4 Å². The van der Waals surface area contributed by atoms with E-state index in [9.17, 15) is 22.4 Å². The molecule has 0 saturated heterocycles. The van der Waals surface area contributed by atoms with Crippen LogP contribution in [0.3, 0.4) is 0 Å². The highest BCUT2D eigenvalue weighted by Gasteiger charge is 2.38. The van der Waals surface area contributed by atoms with Gasteiger partial charge < -0.3 is 5.32 Å². The van der Waals surface area contributed by atoms with Crippen LogP contribution in [0.25, 0.3) is 5.69 Å². The molecule has 6 nitrogen and oxygen atoms in total. The van der Waals surface area contributed by atoms with Crippen LogP contribution in [-0.2, 0) is 11.0 Å². The van der Waals surface area contributed by atoms with Gasteiger partial charge in [-0.3, -0.25) is 9.79 Å². The van der Waals surface area contributed by atoms with Gasteiger partial charge in [0, 0.05) is 24.3 Å². The fourth-order valence-electron chi connectivity index (χ4n) is 2.75. The number of carbonyl (C=O) groups is 1. The zero-order valence-electron chi connectivity index (χ0n) is 16.3. The van der Waals surface area contributed by atoms with E-state index in [1.165, 1.54) is 25.5 Å². The number of rotatable bonds is 6. The maximum Gasteiger partial charge on any atom is 0.435 e. The molecule has 30 heavy (non-hydrogen) atoms. The molecular formula is C20H19F4N5O. The minimum Gasteiger partial charge on any atom is -0.322 e. The van der Waals surface area contributed by atoms with Gasteiger partial charge in [0.05, 0.1) is 11.3 Å². The van der Waals surface area contributed by atoms with E-state index >= 15 is 0 Å². The van der Waals surface area contributed by atoms with E-state index in [1.54, 1.807) is 6.92 Å². The molecule has 1 aliphatic carbocycles. The largest absolute Gasteiger partial charge is 0.435 e. The van der Waals surface area contributed by atoms with Crippen LogP contribution in [0.1, 0.15) is 37.1 Å². The lowest BCUT2D eigenvalue weighted by molar-refractivity contribution is -0.141. The molecule has 0 spiro atoms. The summed E-state index contributed by atoms with van der Waals surface area (Å²) in [4.78, 5) is 19.8. The third kappa shape index (κ3) is 4.64. The zero-order valence-corrected chi connectivity index (χ0v) is 16.3. The molecule has 158 valence electrons. The number of hydrogen-bond acceptors (Lipinski definition) is 3. The number of aromatic nitrogens is 2. The molecule has 1 amide bonds. The van der Waals surface area contributed by atoms with Gasteiger partial charge in [0.2, 0.25) is 0 Å². The number of aliphatic imine (C=N–C) groups is 2. The third-order valence-electron chi connectivity index (χ3n) is 4.53. The molecule has 1 aliphatic rings. The molecule has 1 aromatic carbocycles. The number of carbonyl (C=O) groups excluding carboxylic acids is 1. The molecule has 10 heteroatoms. The lowest BCUT2D eigenvalue weighted by atomic mass is 10.2. The molecule has 1 saturated carbocycles. The third-order valence-corrected chi connectivity index (χ3v) is 4.53. The van der Waals surface area contributed by atoms with E-state index in [0.717, 1.165) is 29.7 Å². The summed E-state index contributed by atoms with van der Waals surface area (Å²) in [6, 6.07) is 4.64. The van der Waals surface area contributed by atoms with Gasteiger partial charge in [0.1, 0.15) is 12.0 Å². The average Bonchev–Trinajstić information content (AvgIpc) is 3.43. The van der Waals surface area contributed by atoms with E-state index in [4.69, 9.17) is 0 Å². The van der Waals surface area contributed by atoms with Gasteiger partial charge in [-0.25, -0.2) is 14.1 Å². The molecule has 0 aliphatic heterocycles. The predicted molar refractivity (Wildman–Crippen MR) is 106 cm³/mol. The van der Waals surface area contributed by atoms with Crippen LogP contribution >= 0.6 is 0 Å². The second-order valence-corrected chi connectivity index (χ2v) is 6.83. The molecule has 1 fully saturated rings. The first kappa shape index (κ1) is 21.4. The second kappa shape index (κ2) is 8.21. The van der Waals surface area contributed by atoms with E-state index in [2.05, 4.69) is 27.0 Å². The Kier molecular flexibility index (Phi) is 5.86. The number of halogens is 4. The van der Waals surface area contributed by atoms with Crippen LogP contribution in [0.15, 0.2) is 46.4 Å². The fraction of sp³-hybridized carbons (Fsp3) is 0.300. The molecular weight excluding hydrogens is 402 g/mol. The maximum atomic E-state index is 14.7. The first-order valence-corrected chi connectivity index (χ1v) is 9.04. The van der Waals surface area contributed by atoms with Gasteiger partial charge in [-0.15, -0.1) is 0 Å². The lowest BCUT2D eigenvalue weighted by Gasteiger charge is -2.11. The van der Waals surface area contributed by atoms with Gasteiger partial charge in [0.15, 0.2) is 11.5 Å². The minimum absolute atomic E-state index is 0.0669. The normalized spacial score (nSPS) is 14.9. The van der Waals surface area contributed by atoms with Crippen LogP contribution in [0.2, 0.25) is 0 Å². The number of nitrogens with one attached hydrogen (secondary N) is 1. The monoisotopic (exact) mass is 421 g/mol. The van der Waals surface area contributed by atoms with Gasteiger partial charge in [-0.05, 0) is 44.0 Å². The van der Waals surface area contributed by atoms with Crippen LogP contribution in [-0.4, -0.2) is 34.8 Å². The number of hydrogen-bond donors (Lipinski definition) is 1. The minimum atomic E-state index is -4.62. The summed E-state index contributed by atoms with van der Waals surface area (Å²) in [6.07, 6.45) is -1.91. The molecule has 1 aromatic heterocycles. The van der Waals surface area contributed by atoms with Crippen LogP contribution in [0.4, 0.5) is 23.2 Å². The van der Waals surface area contributed by atoms with Crippen molar-refractivity contribution in [2.24, 2.45) is 9.98 Å². The Hall–Kier alpha value is -3.30. The van der Waals surface area contributed by atoms with E-state index in [0.29, 0.717) is 11.4 Å². The Morgan fingerprint density at radius 2 is 2.03 bits per heavy atom. The highest BCUT2D eigenvalue weighted by molar-refractivity contribution is 6.25. The first-order valence-electron chi connectivity index (χ1n) is 9.04. The van der Waals surface area contributed by atoms with Crippen molar-refractivity contribution in [3.8, 4) is 5.69 Å². The van der Waals surface area contributed by atoms with E-state index in [1.807, 2.05) is 0 Å². The van der Waals surface area contributed by atoms with Crippen LogP contribution in [0, 0.1) is 5.82 Å².